The topological polar surface area (TPSA) is 65.5 Å². The van der Waals surface area contributed by atoms with Gasteiger partial charge in [0.25, 0.3) is 0 Å². The molecule has 0 radical (unpaired) electrons. The van der Waals surface area contributed by atoms with Crippen LogP contribution in [-0.4, -0.2) is 47.9 Å². The zero-order chi connectivity index (χ0) is 23.0. The predicted molar refractivity (Wildman–Crippen MR) is 133 cm³/mol. The van der Waals surface area contributed by atoms with Gasteiger partial charge >= 0.3 is 0 Å². The Morgan fingerprint density at radius 1 is 1.12 bits per heavy atom. The van der Waals surface area contributed by atoms with Gasteiger partial charge in [0.1, 0.15) is 5.82 Å². The van der Waals surface area contributed by atoms with E-state index >= 15 is 0 Å². The van der Waals surface area contributed by atoms with Crippen LogP contribution >= 0.6 is 0 Å². The largest absolute Gasteiger partial charge is 0.356 e. The van der Waals surface area contributed by atoms with E-state index in [0.717, 1.165) is 61.5 Å². The lowest BCUT2D eigenvalue weighted by Gasteiger charge is -2.36. The number of hydrogen-bond acceptors (Lipinski definition) is 4. The average molecular weight is 449 g/mol. The van der Waals surface area contributed by atoms with Gasteiger partial charge in [-0.1, -0.05) is 31.4 Å². The Morgan fingerprint density at radius 2 is 1.97 bits per heavy atom. The minimum absolute atomic E-state index is 0.0738. The van der Waals surface area contributed by atoms with Gasteiger partial charge in [-0.3, -0.25) is 9.59 Å². The fourth-order valence-electron chi connectivity index (χ4n) is 5.30. The Kier molecular flexibility index (Phi) is 7.97. The monoisotopic (exact) mass is 448 g/mol. The van der Waals surface area contributed by atoms with Gasteiger partial charge in [0.05, 0.1) is 0 Å². The molecule has 1 aliphatic carbocycles. The van der Waals surface area contributed by atoms with Crippen molar-refractivity contribution >= 4 is 23.8 Å². The molecule has 2 heterocycles. The first-order valence-corrected chi connectivity index (χ1v) is 12.4. The van der Waals surface area contributed by atoms with Crippen molar-refractivity contribution in [3.8, 4) is 11.1 Å². The van der Waals surface area contributed by atoms with Gasteiger partial charge < -0.3 is 15.1 Å². The minimum atomic E-state index is -0.0738. The zero-order valence-electron chi connectivity index (χ0n) is 19.7. The summed E-state index contributed by atoms with van der Waals surface area (Å²) in [6.07, 6.45) is 12.6. The number of anilines is 2. The molecule has 0 bridgehead atoms. The summed E-state index contributed by atoms with van der Waals surface area (Å²) < 4.78 is 0. The first-order chi connectivity index (χ1) is 16.1. The molecule has 1 atom stereocenters. The number of hydrogen-bond donors (Lipinski definition) is 1. The lowest BCUT2D eigenvalue weighted by Crippen LogP contribution is -2.40. The summed E-state index contributed by atoms with van der Waals surface area (Å²) >= 11 is 0. The van der Waals surface area contributed by atoms with E-state index in [9.17, 15) is 9.59 Å². The third-order valence-electron chi connectivity index (χ3n) is 7.08. The van der Waals surface area contributed by atoms with E-state index in [1.54, 1.807) is 0 Å². The van der Waals surface area contributed by atoms with Crippen LogP contribution in [0.2, 0.25) is 0 Å². The van der Waals surface area contributed by atoms with Crippen LogP contribution in [0.25, 0.3) is 11.1 Å². The van der Waals surface area contributed by atoms with E-state index in [0.29, 0.717) is 12.0 Å². The third-order valence-corrected chi connectivity index (χ3v) is 7.08. The molecule has 2 aromatic rings. The van der Waals surface area contributed by atoms with E-state index in [1.165, 1.54) is 45.4 Å². The summed E-state index contributed by atoms with van der Waals surface area (Å²) in [5.74, 6) is 1.54. The van der Waals surface area contributed by atoms with Gasteiger partial charge in [-0.05, 0) is 67.9 Å². The molecule has 1 saturated carbocycles. The minimum Gasteiger partial charge on any atom is -0.356 e. The number of nitrogens with zero attached hydrogens (tertiary/aromatic N) is 3. The number of aromatic nitrogens is 1. The smallest absolute Gasteiger partial charge is 0.221 e. The molecule has 1 unspecified atom stereocenters. The first kappa shape index (κ1) is 23.3. The molecule has 4 rings (SSSR count). The lowest BCUT2D eigenvalue weighted by molar-refractivity contribution is -0.121. The van der Waals surface area contributed by atoms with Crippen molar-refractivity contribution < 1.29 is 9.59 Å². The van der Waals surface area contributed by atoms with E-state index in [1.807, 2.05) is 30.5 Å². The van der Waals surface area contributed by atoms with Crippen LogP contribution in [0.1, 0.15) is 58.3 Å². The molecule has 33 heavy (non-hydrogen) atoms. The summed E-state index contributed by atoms with van der Waals surface area (Å²) in [7, 11) is 0. The summed E-state index contributed by atoms with van der Waals surface area (Å²) in [6, 6.07) is 12.5. The van der Waals surface area contributed by atoms with Crippen LogP contribution in [0.4, 0.5) is 11.5 Å². The second-order valence-electron chi connectivity index (χ2n) is 9.55. The van der Waals surface area contributed by atoms with Crippen molar-refractivity contribution in [3.05, 3.63) is 42.6 Å². The second-order valence-corrected chi connectivity index (χ2v) is 9.55. The van der Waals surface area contributed by atoms with E-state index in [-0.39, 0.29) is 5.91 Å². The van der Waals surface area contributed by atoms with Crippen molar-refractivity contribution in [1.29, 1.82) is 0 Å². The van der Waals surface area contributed by atoms with E-state index in [4.69, 9.17) is 4.98 Å². The molecule has 2 amide bonds. The highest BCUT2D eigenvalue weighted by molar-refractivity contribution is 5.89. The van der Waals surface area contributed by atoms with Crippen LogP contribution in [0.3, 0.4) is 0 Å². The van der Waals surface area contributed by atoms with Crippen molar-refractivity contribution in [3.63, 3.8) is 0 Å². The van der Waals surface area contributed by atoms with Crippen LogP contribution in [0.5, 0.6) is 0 Å². The van der Waals surface area contributed by atoms with Crippen LogP contribution < -0.4 is 10.2 Å². The number of amides is 2. The predicted octanol–water partition coefficient (Wildman–Crippen LogP) is 5.10. The highest BCUT2D eigenvalue weighted by Crippen LogP contribution is 2.28. The number of carbonyl (C=O) groups excluding carboxylic acids is 2. The van der Waals surface area contributed by atoms with Crippen molar-refractivity contribution in [2.45, 2.75) is 64.3 Å². The quantitative estimate of drug-likeness (QED) is 0.570. The van der Waals surface area contributed by atoms with Crippen LogP contribution in [0, 0.1) is 5.92 Å². The molecule has 1 aliphatic heterocycles. The highest BCUT2D eigenvalue weighted by atomic mass is 16.1. The van der Waals surface area contributed by atoms with E-state index < -0.39 is 0 Å². The number of pyridine rings is 1. The lowest BCUT2D eigenvalue weighted by atomic mass is 9.92. The van der Waals surface area contributed by atoms with Gasteiger partial charge in [-0.2, -0.15) is 0 Å². The molecule has 1 aromatic carbocycles. The molecule has 1 saturated heterocycles. The molecule has 1 aromatic heterocycles. The summed E-state index contributed by atoms with van der Waals surface area (Å²) in [4.78, 5) is 32.2. The Balaban J connectivity index is 1.34. The van der Waals surface area contributed by atoms with Gasteiger partial charge in [-0.15, -0.1) is 0 Å². The Morgan fingerprint density at radius 3 is 2.70 bits per heavy atom. The standard InChI is InChI=1S/C27H36N4O2/c1-21(33)29-25-9-5-8-23(17-25)24-12-13-27(28-18-24)30-15-6-7-22(19-30)14-16-31(20-32)26-10-3-2-4-11-26/h5,8-9,12-13,17-18,20,22,26H,2-4,6-7,10-11,14-16,19H2,1H3,(H,29,33). The molecule has 176 valence electrons. The number of benzene rings is 1. The summed E-state index contributed by atoms with van der Waals surface area (Å²) in [5.41, 5.74) is 2.86. The zero-order valence-corrected chi connectivity index (χ0v) is 19.7. The fourth-order valence-corrected chi connectivity index (χ4v) is 5.30. The van der Waals surface area contributed by atoms with E-state index in [2.05, 4.69) is 27.2 Å². The van der Waals surface area contributed by atoms with Crippen molar-refractivity contribution in [1.82, 2.24) is 9.88 Å². The third kappa shape index (κ3) is 6.34. The normalized spacial score (nSPS) is 19.2. The maximum atomic E-state index is 11.7. The second kappa shape index (κ2) is 11.3. The Labute approximate surface area is 197 Å². The number of rotatable bonds is 8. The Hall–Kier alpha value is -2.89. The molecule has 6 nitrogen and oxygen atoms in total. The molecular formula is C27H36N4O2. The van der Waals surface area contributed by atoms with Crippen LogP contribution in [-0.2, 0) is 9.59 Å². The van der Waals surface area contributed by atoms with Gasteiger partial charge in [-0.25, -0.2) is 4.98 Å². The summed E-state index contributed by atoms with van der Waals surface area (Å²) in [5, 5.41) is 2.83. The van der Waals surface area contributed by atoms with Crippen molar-refractivity contribution in [2.24, 2.45) is 5.92 Å². The van der Waals surface area contributed by atoms with Gasteiger partial charge in [0.2, 0.25) is 12.3 Å². The van der Waals surface area contributed by atoms with Gasteiger partial charge in [0, 0.05) is 50.0 Å². The van der Waals surface area contributed by atoms with Gasteiger partial charge in [0.15, 0.2) is 0 Å². The molecule has 2 aliphatic rings. The maximum absolute atomic E-state index is 11.7. The van der Waals surface area contributed by atoms with Crippen molar-refractivity contribution in [2.75, 3.05) is 29.9 Å². The Bertz CT molecular complexity index is 924. The average Bonchev–Trinajstić information content (AvgIpc) is 2.85. The van der Waals surface area contributed by atoms with Crippen LogP contribution in [0.15, 0.2) is 42.6 Å². The molecular weight excluding hydrogens is 412 g/mol. The maximum Gasteiger partial charge on any atom is 0.221 e. The number of carbonyl (C=O) groups is 2. The SMILES string of the molecule is CC(=O)Nc1cccc(-c2ccc(N3CCCC(CCN(C=O)C4CCCCC4)C3)nc2)c1. The number of nitrogens with one attached hydrogen (secondary N) is 1. The highest BCUT2D eigenvalue weighted by Gasteiger charge is 2.24. The molecule has 0 spiro atoms. The summed E-state index contributed by atoms with van der Waals surface area (Å²) in [6.45, 7) is 4.42. The molecule has 1 N–H and O–H groups in total. The first-order valence-electron chi connectivity index (χ1n) is 12.4. The fraction of sp³-hybridized carbons (Fsp3) is 0.519. The molecule has 2 fully saturated rings. The number of piperidine rings is 1. The molecule has 6 heteroatoms.